The first kappa shape index (κ1) is 9.52. The highest BCUT2D eigenvalue weighted by Crippen LogP contribution is 2.14. The molecule has 0 unspecified atom stereocenters. The van der Waals surface area contributed by atoms with Crippen LogP contribution in [0.5, 0.6) is 0 Å². The summed E-state index contributed by atoms with van der Waals surface area (Å²) < 4.78 is 0. The minimum absolute atomic E-state index is 0.0916. The quantitative estimate of drug-likeness (QED) is 0.653. The third-order valence-corrected chi connectivity index (χ3v) is 2.48. The normalized spacial score (nSPS) is 20.8. The Morgan fingerprint density at radius 1 is 1.50 bits per heavy atom. The van der Waals surface area contributed by atoms with Crippen LogP contribution in [-0.2, 0) is 4.79 Å². The average Bonchev–Trinajstić information content (AvgIpc) is 2.03. The summed E-state index contributed by atoms with van der Waals surface area (Å²) in [5.74, 6) is 0.791. The summed E-state index contributed by atoms with van der Waals surface area (Å²) in [5.41, 5.74) is 0. The lowest BCUT2D eigenvalue weighted by molar-refractivity contribution is -0.119. The predicted octanol–water partition coefficient (Wildman–Crippen LogP) is 0.464. The summed E-state index contributed by atoms with van der Waals surface area (Å²) >= 11 is 0. The largest absolute Gasteiger partial charge is 0.356 e. The van der Waals surface area contributed by atoms with E-state index < -0.39 is 0 Å². The molecule has 1 rings (SSSR count). The van der Waals surface area contributed by atoms with Crippen LogP contribution in [0.4, 0.5) is 0 Å². The maximum absolute atomic E-state index is 10.6. The van der Waals surface area contributed by atoms with Crippen molar-refractivity contribution < 1.29 is 4.79 Å². The Labute approximate surface area is 74.1 Å². The minimum atomic E-state index is 0.0916. The number of hydrogen-bond acceptors (Lipinski definition) is 2. The van der Waals surface area contributed by atoms with Gasteiger partial charge in [-0.2, -0.15) is 0 Å². The SMILES string of the molecule is CC(=O)NCC1CCN(C)CC1. The minimum Gasteiger partial charge on any atom is -0.356 e. The Bertz CT molecular complexity index is 151. The van der Waals surface area contributed by atoms with Gasteiger partial charge in [0.2, 0.25) is 5.91 Å². The second-order valence-electron chi connectivity index (χ2n) is 3.68. The number of carbonyl (C=O) groups excluding carboxylic acids is 1. The highest BCUT2D eigenvalue weighted by molar-refractivity contribution is 5.72. The first-order valence-electron chi connectivity index (χ1n) is 4.61. The van der Waals surface area contributed by atoms with Gasteiger partial charge in [-0.1, -0.05) is 0 Å². The van der Waals surface area contributed by atoms with Crippen molar-refractivity contribution in [3.05, 3.63) is 0 Å². The van der Waals surface area contributed by atoms with Crippen molar-refractivity contribution in [1.29, 1.82) is 0 Å². The Morgan fingerprint density at radius 2 is 2.08 bits per heavy atom. The van der Waals surface area contributed by atoms with Gasteiger partial charge in [-0.15, -0.1) is 0 Å². The molecule has 1 aliphatic heterocycles. The van der Waals surface area contributed by atoms with Gasteiger partial charge in [0.15, 0.2) is 0 Å². The molecule has 3 nitrogen and oxygen atoms in total. The number of piperidine rings is 1. The molecule has 3 heteroatoms. The van der Waals surface area contributed by atoms with Gasteiger partial charge in [0, 0.05) is 13.5 Å². The van der Waals surface area contributed by atoms with E-state index in [1.165, 1.54) is 25.9 Å². The fraction of sp³-hybridized carbons (Fsp3) is 0.889. The van der Waals surface area contributed by atoms with Crippen molar-refractivity contribution in [2.75, 3.05) is 26.7 Å². The molecule has 0 aliphatic carbocycles. The number of amides is 1. The monoisotopic (exact) mass is 170 g/mol. The molecule has 0 aromatic rings. The van der Waals surface area contributed by atoms with Crippen molar-refractivity contribution in [1.82, 2.24) is 10.2 Å². The molecule has 70 valence electrons. The van der Waals surface area contributed by atoms with Crippen LogP contribution in [0.2, 0.25) is 0 Å². The van der Waals surface area contributed by atoms with Crippen LogP contribution in [-0.4, -0.2) is 37.5 Å². The number of hydrogen-bond donors (Lipinski definition) is 1. The van der Waals surface area contributed by atoms with E-state index in [1.54, 1.807) is 6.92 Å². The van der Waals surface area contributed by atoms with Crippen LogP contribution in [0.15, 0.2) is 0 Å². The van der Waals surface area contributed by atoms with Crippen molar-refractivity contribution in [2.45, 2.75) is 19.8 Å². The summed E-state index contributed by atoms with van der Waals surface area (Å²) in [5, 5.41) is 2.87. The van der Waals surface area contributed by atoms with Gasteiger partial charge in [0.05, 0.1) is 0 Å². The van der Waals surface area contributed by atoms with E-state index >= 15 is 0 Å². The van der Waals surface area contributed by atoms with E-state index in [-0.39, 0.29) is 5.91 Å². The molecule has 0 aromatic carbocycles. The van der Waals surface area contributed by atoms with Gasteiger partial charge >= 0.3 is 0 Å². The third kappa shape index (κ3) is 3.22. The molecular weight excluding hydrogens is 152 g/mol. The van der Waals surface area contributed by atoms with E-state index in [2.05, 4.69) is 17.3 Å². The van der Waals surface area contributed by atoms with Crippen molar-refractivity contribution in [3.8, 4) is 0 Å². The molecule has 1 fully saturated rings. The lowest BCUT2D eigenvalue weighted by atomic mass is 9.97. The van der Waals surface area contributed by atoms with Crippen molar-refractivity contribution in [3.63, 3.8) is 0 Å². The molecule has 0 saturated carbocycles. The summed E-state index contributed by atoms with van der Waals surface area (Å²) in [7, 11) is 2.15. The van der Waals surface area contributed by atoms with E-state index in [4.69, 9.17) is 0 Å². The first-order valence-corrected chi connectivity index (χ1v) is 4.61. The molecular formula is C9H18N2O. The summed E-state index contributed by atoms with van der Waals surface area (Å²) in [6, 6.07) is 0. The number of carbonyl (C=O) groups is 1. The average molecular weight is 170 g/mol. The smallest absolute Gasteiger partial charge is 0.216 e. The van der Waals surface area contributed by atoms with Crippen LogP contribution >= 0.6 is 0 Å². The summed E-state index contributed by atoms with van der Waals surface area (Å²) in [4.78, 5) is 13.0. The third-order valence-electron chi connectivity index (χ3n) is 2.48. The van der Waals surface area contributed by atoms with Gasteiger partial charge in [0.1, 0.15) is 0 Å². The van der Waals surface area contributed by atoms with E-state index in [9.17, 15) is 4.79 Å². The van der Waals surface area contributed by atoms with Gasteiger partial charge in [-0.25, -0.2) is 0 Å². The molecule has 12 heavy (non-hydrogen) atoms. The summed E-state index contributed by atoms with van der Waals surface area (Å²) in [6.45, 7) is 4.78. The molecule has 0 atom stereocenters. The van der Waals surface area contributed by atoms with E-state index in [0.29, 0.717) is 5.92 Å². The Morgan fingerprint density at radius 3 is 2.58 bits per heavy atom. The zero-order valence-corrected chi connectivity index (χ0v) is 7.97. The highest BCUT2D eigenvalue weighted by Gasteiger charge is 2.16. The van der Waals surface area contributed by atoms with Gasteiger partial charge < -0.3 is 10.2 Å². The molecule has 0 spiro atoms. The number of nitrogens with one attached hydrogen (secondary N) is 1. The van der Waals surface area contributed by atoms with E-state index in [1.807, 2.05) is 0 Å². The molecule has 1 N–H and O–H groups in total. The van der Waals surface area contributed by atoms with E-state index in [0.717, 1.165) is 6.54 Å². The molecule has 0 bridgehead atoms. The molecule has 1 saturated heterocycles. The second kappa shape index (κ2) is 4.45. The van der Waals surface area contributed by atoms with Crippen molar-refractivity contribution in [2.24, 2.45) is 5.92 Å². The zero-order valence-electron chi connectivity index (χ0n) is 7.97. The fourth-order valence-corrected chi connectivity index (χ4v) is 1.55. The van der Waals surface area contributed by atoms with Crippen molar-refractivity contribution >= 4 is 5.91 Å². The summed E-state index contributed by atoms with van der Waals surface area (Å²) in [6.07, 6.45) is 2.44. The lowest BCUT2D eigenvalue weighted by Gasteiger charge is -2.28. The first-order chi connectivity index (χ1) is 5.68. The standard InChI is InChI=1S/C9H18N2O/c1-8(12)10-7-9-3-5-11(2)6-4-9/h9H,3-7H2,1-2H3,(H,10,12). The highest BCUT2D eigenvalue weighted by atomic mass is 16.1. The van der Waals surface area contributed by atoms with Gasteiger partial charge in [-0.3, -0.25) is 4.79 Å². The Hall–Kier alpha value is -0.570. The lowest BCUT2D eigenvalue weighted by Crippen LogP contribution is -2.36. The fourth-order valence-electron chi connectivity index (χ4n) is 1.55. The molecule has 0 radical (unpaired) electrons. The topological polar surface area (TPSA) is 32.3 Å². The number of nitrogens with zero attached hydrogens (tertiary/aromatic N) is 1. The Balaban J connectivity index is 2.13. The number of likely N-dealkylation sites (tertiary alicyclic amines) is 1. The maximum atomic E-state index is 10.6. The zero-order chi connectivity index (χ0) is 8.97. The second-order valence-corrected chi connectivity index (χ2v) is 3.68. The van der Waals surface area contributed by atoms with Crippen LogP contribution in [0.3, 0.4) is 0 Å². The van der Waals surface area contributed by atoms with Gasteiger partial charge in [0.25, 0.3) is 0 Å². The molecule has 1 heterocycles. The van der Waals surface area contributed by atoms with Crippen LogP contribution in [0.25, 0.3) is 0 Å². The molecule has 1 amide bonds. The maximum Gasteiger partial charge on any atom is 0.216 e. The Kier molecular flexibility index (Phi) is 3.53. The van der Waals surface area contributed by atoms with Crippen LogP contribution in [0.1, 0.15) is 19.8 Å². The molecule has 0 aromatic heterocycles. The predicted molar refractivity (Wildman–Crippen MR) is 48.9 cm³/mol. The van der Waals surface area contributed by atoms with Gasteiger partial charge in [-0.05, 0) is 38.9 Å². The number of rotatable bonds is 2. The van der Waals surface area contributed by atoms with Crippen LogP contribution in [0, 0.1) is 5.92 Å². The van der Waals surface area contributed by atoms with Crippen LogP contribution < -0.4 is 5.32 Å². The molecule has 1 aliphatic rings.